The first-order valence-electron chi connectivity index (χ1n) is 9.99. The van der Waals surface area contributed by atoms with Gasteiger partial charge in [0.25, 0.3) is 5.56 Å². The first kappa shape index (κ1) is 26.2. The Hall–Kier alpha value is -1.90. The second-order valence-corrected chi connectivity index (χ2v) is 12.9. The molecule has 2 aliphatic rings. The van der Waals surface area contributed by atoms with Crippen LogP contribution >= 0.6 is 23.4 Å². The molecular formula is C15H21N5O12P3+. The van der Waals surface area contributed by atoms with Crippen molar-refractivity contribution in [2.75, 3.05) is 17.8 Å². The van der Waals surface area contributed by atoms with E-state index >= 15 is 0 Å². The number of aromatic nitrogens is 4. The number of hydrogen-bond donors (Lipinski definition) is 5. The third kappa shape index (κ3) is 5.75. The smallest absolute Gasteiger partial charge is 0.346 e. The molecule has 4 heterocycles. The van der Waals surface area contributed by atoms with Gasteiger partial charge in [-0.3, -0.25) is 33.6 Å². The Morgan fingerprint density at radius 1 is 1.31 bits per heavy atom. The van der Waals surface area contributed by atoms with Gasteiger partial charge in [-0.2, -0.15) is 4.98 Å². The molecule has 20 heteroatoms. The van der Waals surface area contributed by atoms with Crippen molar-refractivity contribution in [3.8, 4) is 0 Å². The highest BCUT2D eigenvalue weighted by atomic mass is 31.2. The Morgan fingerprint density at radius 2 is 2.00 bits per heavy atom. The second-order valence-electron chi connectivity index (χ2n) is 8.05. The Kier molecular flexibility index (Phi) is 7.12. The minimum Gasteiger partial charge on any atom is -0.346 e. The fourth-order valence-electron chi connectivity index (χ4n) is 3.43. The number of nitrogens with one attached hydrogen (secondary N) is 2. The summed E-state index contributed by atoms with van der Waals surface area (Å²) in [6.45, 7) is 2.64. The molecule has 5 N–H and O–H groups in total. The number of H-pyrrole nitrogens is 1. The van der Waals surface area contributed by atoms with Gasteiger partial charge in [0.05, 0.1) is 12.9 Å². The molecule has 2 saturated heterocycles. The van der Waals surface area contributed by atoms with Crippen LogP contribution in [0.2, 0.25) is 0 Å². The van der Waals surface area contributed by atoms with Crippen LogP contribution in [0.5, 0.6) is 0 Å². The van der Waals surface area contributed by atoms with Gasteiger partial charge in [-0.05, 0) is 0 Å². The Balaban J connectivity index is 1.61. The molecule has 1 amide bonds. The molecule has 0 aliphatic carbocycles. The zero-order chi connectivity index (χ0) is 25.7. The lowest BCUT2D eigenvalue weighted by Gasteiger charge is -2.18. The quantitative estimate of drug-likeness (QED) is 0.276. The van der Waals surface area contributed by atoms with Crippen molar-refractivity contribution >= 4 is 46.5 Å². The van der Waals surface area contributed by atoms with Gasteiger partial charge >= 0.3 is 23.4 Å². The van der Waals surface area contributed by atoms with Crippen molar-refractivity contribution in [3.63, 3.8) is 0 Å². The molecule has 4 rings (SSSR count). The van der Waals surface area contributed by atoms with Crippen molar-refractivity contribution in [1.29, 1.82) is 0 Å². The van der Waals surface area contributed by atoms with E-state index in [0.29, 0.717) is 0 Å². The van der Waals surface area contributed by atoms with Crippen LogP contribution in [0.15, 0.2) is 11.1 Å². The fraction of sp³-hybridized carbons (Fsp3) is 0.600. The topological polar surface area (TPSA) is 241 Å². The summed E-state index contributed by atoms with van der Waals surface area (Å²) in [5.74, 6) is -2.35. The van der Waals surface area contributed by atoms with E-state index in [2.05, 4.69) is 20.3 Å². The number of amides is 1. The van der Waals surface area contributed by atoms with Crippen molar-refractivity contribution in [2.45, 2.75) is 38.4 Å². The molecule has 2 aromatic heterocycles. The number of nitrogens with zero attached hydrogens (tertiary/aromatic N) is 3. The van der Waals surface area contributed by atoms with Crippen LogP contribution in [0.25, 0.3) is 11.2 Å². The molecule has 0 bridgehead atoms. The van der Waals surface area contributed by atoms with Crippen molar-refractivity contribution in [1.82, 2.24) is 19.5 Å². The fourth-order valence-corrected chi connectivity index (χ4v) is 6.92. The Bertz CT molecular complexity index is 1320. The summed E-state index contributed by atoms with van der Waals surface area (Å²) in [5, 5.41) is 2.47. The van der Waals surface area contributed by atoms with Gasteiger partial charge in [-0.25, -0.2) is 4.98 Å². The first-order valence-corrected chi connectivity index (χ1v) is 14.6. The van der Waals surface area contributed by atoms with Gasteiger partial charge in [-0.15, -0.1) is 9.05 Å². The molecule has 0 spiro atoms. The molecule has 35 heavy (non-hydrogen) atoms. The summed E-state index contributed by atoms with van der Waals surface area (Å²) in [4.78, 5) is 62.7. The highest BCUT2D eigenvalue weighted by Crippen LogP contribution is 2.56. The molecule has 0 saturated carbocycles. The predicted octanol–water partition coefficient (Wildman–Crippen LogP) is 0.390. The zero-order valence-corrected chi connectivity index (χ0v) is 20.8. The lowest BCUT2D eigenvalue weighted by atomic mass is 10.1. The van der Waals surface area contributed by atoms with Crippen LogP contribution < -0.4 is 10.9 Å². The van der Waals surface area contributed by atoms with E-state index in [1.807, 2.05) is 0 Å². The van der Waals surface area contributed by atoms with Gasteiger partial charge in [0.15, 0.2) is 35.5 Å². The van der Waals surface area contributed by atoms with Crippen molar-refractivity contribution in [3.05, 3.63) is 16.7 Å². The van der Waals surface area contributed by atoms with Crippen LogP contribution in [-0.4, -0.2) is 70.9 Å². The number of fused-ring (bicyclic) bond motifs is 2. The Morgan fingerprint density at radius 3 is 2.66 bits per heavy atom. The highest BCUT2D eigenvalue weighted by Gasteiger charge is 2.61. The minimum atomic E-state index is -4.85. The number of anilines is 1. The van der Waals surface area contributed by atoms with Gasteiger partial charge < -0.3 is 23.9 Å². The molecule has 2 aliphatic heterocycles. The lowest BCUT2D eigenvalue weighted by molar-refractivity contribution is -0.118. The summed E-state index contributed by atoms with van der Waals surface area (Å²) in [5.41, 5.74) is -0.772. The van der Waals surface area contributed by atoms with E-state index in [1.54, 1.807) is 13.8 Å². The van der Waals surface area contributed by atoms with Crippen molar-refractivity contribution < 1.29 is 51.5 Å². The van der Waals surface area contributed by atoms with E-state index < -0.39 is 77.9 Å². The molecule has 0 aromatic carbocycles. The van der Waals surface area contributed by atoms with Crippen LogP contribution in [0.3, 0.4) is 0 Å². The molecule has 192 valence electrons. The summed E-state index contributed by atoms with van der Waals surface area (Å²) in [7, 11) is -12.1. The number of carbonyl (C=O) groups is 1. The van der Waals surface area contributed by atoms with Gasteiger partial charge in [-0.1, -0.05) is 13.8 Å². The number of imidazole rings is 1. The van der Waals surface area contributed by atoms with Crippen LogP contribution in [0, 0.1) is 5.92 Å². The minimum absolute atomic E-state index is 0.0156. The number of carbonyl (C=O) groups excluding carboxylic acids is 1. The average Bonchev–Trinajstić information content (AvgIpc) is 3.38. The van der Waals surface area contributed by atoms with Crippen LogP contribution in [0.4, 0.5) is 5.95 Å². The van der Waals surface area contributed by atoms with Gasteiger partial charge in [0, 0.05) is 10.5 Å². The predicted molar refractivity (Wildman–Crippen MR) is 116 cm³/mol. The van der Waals surface area contributed by atoms with E-state index in [1.165, 1.54) is 10.9 Å². The SMILES string of the molecule is CC(C)C(=O)Nc1nc2c(ncn2[C@@H]2O[C@H](COP(=O)(O)CP(=O)(O)O)C3O[P+](=O)OC32)c(=O)[nH]1. The molecule has 2 fully saturated rings. The van der Waals surface area contributed by atoms with E-state index in [0.717, 1.165) is 0 Å². The average molecular weight is 556 g/mol. The van der Waals surface area contributed by atoms with E-state index in [9.17, 15) is 28.2 Å². The number of rotatable bonds is 8. The monoisotopic (exact) mass is 556 g/mol. The third-order valence-electron chi connectivity index (χ3n) is 4.98. The highest BCUT2D eigenvalue weighted by molar-refractivity contribution is 7.70. The largest absolute Gasteiger partial charge is 0.698 e. The first-order chi connectivity index (χ1) is 16.2. The zero-order valence-electron chi connectivity index (χ0n) is 18.1. The standard InChI is InChI=1S/C15H20N5O12P3/c1-6(2)12(21)18-15-17-11-8(13(22)19-15)16-4-20(11)14-10-9(31-33(23)32-10)7(30-14)3-29-35(27,28)5-34(24,25)26/h4,6-7,9-10,14H,3,5H2,1-2H3,(H4-,17,18,19,21,22,24,25,26,27,28)/p+1/t7-,9?,10?,14-/m1/s1. The van der Waals surface area contributed by atoms with Gasteiger partial charge in [0.1, 0.15) is 6.10 Å². The number of hydrogen-bond acceptors (Lipinski definition) is 11. The van der Waals surface area contributed by atoms with Crippen molar-refractivity contribution in [2.24, 2.45) is 5.92 Å². The van der Waals surface area contributed by atoms with Gasteiger partial charge in [0.2, 0.25) is 11.9 Å². The summed E-state index contributed by atoms with van der Waals surface area (Å²) < 4.78 is 57.4. The lowest BCUT2D eigenvalue weighted by Crippen LogP contribution is -2.31. The normalized spacial score (nSPS) is 27.3. The van der Waals surface area contributed by atoms with E-state index in [4.69, 9.17) is 28.1 Å². The molecule has 0 radical (unpaired) electrons. The molecular weight excluding hydrogens is 535 g/mol. The second kappa shape index (κ2) is 9.52. The summed E-state index contributed by atoms with van der Waals surface area (Å²) >= 11 is 0. The number of ether oxygens (including phenoxy) is 1. The summed E-state index contributed by atoms with van der Waals surface area (Å²) in [6, 6.07) is 0. The molecule has 6 atom stereocenters. The summed E-state index contributed by atoms with van der Waals surface area (Å²) in [6.07, 6.45) is -3.19. The van der Waals surface area contributed by atoms with Crippen LogP contribution in [0.1, 0.15) is 20.1 Å². The number of aromatic amines is 1. The molecule has 4 unspecified atom stereocenters. The third-order valence-corrected chi connectivity index (χ3v) is 9.26. The Labute approximate surface area is 196 Å². The van der Waals surface area contributed by atoms with E-state index in [-0.39, 0.29) is 17.1 Å². The maximum Gasteiger partial charge on any atom is 0.698 e. The maximum atomic E-state index is 12.4. The van der Waals surface area contributed by atoms with Crippen LogP contribution in [-0.2, 0) is 36.8 Å². The molecule has 2 aromatic rings. The molecule has 17 nitrogen and oxygen atoms in total. The maximum absolute atomic E-state index is 12.4.